The molecule has 0 radical (unpaired) electrons. The number of fused-ring (bicyclic) bond motifs is 2. The lowest BCUT2D eigenvalue weighted by molar-refractivity contribution is 0.0730. The molecule has 0 N–H and O–H groups in total. The summed E-state index contributed by atoms with van der Waals surface area (Å²) in [5, 5.41) is 11.5. The largest absolute Gasteiger partial charge is 0.379 e. The molecule has 5 aromatic rings. The Labute approximate surface area is 225 Å². The van der Waals surface area contributed by atoms with Crippen LogP contribution >= 0.6 is 11.3 Å². The fourth-order valence-electron chi connectivity index (χ4n) is 4.65. The number of benzene rings is 4. The first kappa shape index (κ1) is 24.7. The van der Waals surface area contributed by atoms with Crippen LogP contribution in [0.15, 0.2) is 99.2 Å². The predicted molar refractivity (Wildman–Crippen MR) is 153 cm³/mol. The van der Waals surface area contributed by atoms with Gasteiger partial charge in [0.25, 0.3) is 0 Å². The summed E-state index contributed by atoms with van der Waals surface area (Å²) in [4.78, 5) is 5.73. The minimum atomic E-state index is -3.55. The Kier molecular flexibility index (Phi) is 6.67. The second-order valence-corrected chi connectivity index (χ2v) is 11.8. The van der Waals surface area contributed by atoms with E-state index in [1.807, 2.05) is 47.5 Å². The first-order valence-corrected chi connectivity index (χ1v) is 14.7. The van der Waals surface area contributed by atoms with Crippen molar-refractivity contribution in [2.45, 2.75) is 11.8 Å². The van der Waals surface area contributed by atoms with Crippen molar-refractivity contribution in [3.05, 3.63) is 100 Å². The molecule has 1 aliphatic rings. The minimum Gasteiger partial charge on any atom is -0.379 e. The van der Waals surface area contributed by atoms with Gasteiger partial charge in [0.1, 0.15) is 0 Å². The van der Waals surface area contributed by atoms with Crippen LogP contribution in [0, 0.1) is 6.92 Å². The van der Waals surface area contributed by atoms with Crippen LogP contribution in [0.5, 0.6) is 0 Å². The Bertz CT molecular complexity index is 1780. The van der Waals surface area contributed by atoms with Gasteiger partial charge in [-0.15, -0.1) is 11.3 Å². The number of rotatable bonds is 5. The zero-order valence-electron chi connectivity index (χ0n) is 20.8. The van der Waals surface area contributed by atoms with E-state index in [0.29, 0.717) is 36.8 Å². The third-order valence-corrected chi connectivity index (χ3v) is 9.48. The van der Waals surface area contributed by atoms with Gasteiger partial charge < -0.3 is 4.74 Å². The van der Waals surface area contributed by atoms with Crippen molar-refractivity contribution in [1.82, 2.24) is 8.98 Å². The van der Waals surface area contributed by atoms with Gasteiger partial charge in [0, 0.05) is 24.0 Å². The highest BCUT2D eigenvalue weighted by atomic mass is 32.2. The molecule has 0 bridgehead atoms. The summed E-state index contributed by atoms with van der Waals surface area (Å²) >= 11 is 1.49. The average Bonchev–Trinajstić information content (AvgIpc) is 3.30. The molecule has 0 saturated carbocycles. The van der Waals surface area contributed by atoms with Crippen LogP contribution in [0.4, 0.5) is 5.69 Å². The molecule has 0 unspecified atom stereocenters. The van der Waals surface area contributed by atoms with Gasteiger partial charge in [-0.05, 0) is 58.8 Å². The van der Waals surface area contributed by atoms with E-state index < -0.39 is 10.0 Å². The van der Waals surface area contributed by atoms with Gasteiger partial charge in [-0.3, -0.25) is 0 Å². The molecule has 7 nitrogen and oxygen atoms in total. The maximum absolute atomic E-state index is 12.9. The molecule has 2 heterocycles. The molecular weight excluding hydrogens is 516 g/mol. The zero-order valence-corrected chi connectivity index (χ0v) is 22.5. The summed E-state index contributed by atoms with van der Waals surface area (Å²) in [6.45, 7) is 3.56. The van der Waals surface area contributed by atoms with Crippen LogP contribution in [0.1, 0.15) is 11.3 Å². The summed E-state index contributed by atoms with van der Waals surface area (Å²) in [7, 11) is -3.55. The lowest BCUT2D eigenvalue weighted by atomic mass is 9.97. The number of morpholine rings is 1. The SMILES string of the molecule is Cc1csc(=Nc2ccc(S(=O)(=O)N3CCOCC3)cc2)n1N=Cc1c2ccccc2cc2ccccc12. The Morgan fingerprint density at radius 2 is 1.53 bits per heavy atom. The molecule has 9 heteroatoms. The number of ether oxygens (including phenoxy) is 1. The lowest BCUT2D eigenvalue weighted by Crippen LogP contribution is -2.40. The first-order valence-electron chi connectivity index (χ1n) is 12.4. The van der Waals surface area contributed by atoms with E-state index >= 15 is 0 Å². The van der Waals surface area contributed by atoms with Gasteiger partial charge in [-0.2, -0.15) is 9.41 Å². The summed E-state index contributed by atoms with van der Waals surface area (Å²) in [6, 6.07) is 25.5. The molecule has 4 aromatic carbocycles. The molecule has 1 aliphatic heterocycles. The number of aryl methyl sites for hydroxylation is 1. The van der Waals surface area contributed by atoms with E-state index in [-0.39, 0.29) is 4.90 Å². The van der Waals surface area contributed by atoms with Crippen LogP contribution in [0.25, 0.3) is 21.5 Å². The molecule has 1 saturated heterocycles. The Balaban J connectivity index is 1.36. The van der Waals surface area contributed by atoms with Crippen molar-refractivity contribution in [2.24, 2.45) is 10.1 Å². The summed E-state index contributed by atoms with van der Waals surface area (Å²) in [5.41, 5.74) is 2.67. The van der Waals surface area contributed by atoms with E-state index in [2.05, 4.69) is 30.3 Å². The molecule has 1 aromatic heterocycles. The highest BCUT2D eigenvalue weighted by Gasteiger charge is 2.26. The quantitative estimate of drug-likeness (QED) is 0.223. The van der Waals surface area contributed by atoms with Crippen molar-refractivity contribution in [3.63, 3.8) is 0 Å². The maximum Gasteiger partial charge on any atom is 0.243 e. The van der Waals surface area contributed by atoms with Crippen LogP contribution in [-0.2, 0) is 14.8 Å². The monoisotopic (exact) mass is 542 g/mol. The average molecular weight is 543 g/mol. The van der Waals surface area contributed by atoms with Crippen molar-refractivity contribution < 1.29 is 13.2 Å². The van der Waals surface area contributed by atoms with Crippen LogP contribution in [-0.4, -0.2) is 49.9 Å². The van der Waals surface area contributed by atoms with Crippen molar-refractivity contribution in [2.75, 3.05) is 26.3 Å². The Morgan fingerprint density at radius 3 is 2.18 bits per heavy atom. The van der Waals surface area contributed by atoms with Crippen molar-refractivity contribution in [1.29, 1.82) is 0 Å². The fourth-order valence-corrected chi connectivity index (χ4v) is 6.88. The lowest BCUT2D eigenvalue weighted by Gasteiger charge is -2.26. The second-order valence-electron chi connectivity index (χ2n) is 9.07. The Morgan fingerprint density at radius 1 is 0.895 bits per heavy atom. The molecule has 6 rings (SSSR count). The summed E-state index contributed by atoms with van der Waals surface area (Å²) in [6.07, 6.45) is 1.90. The predicted octanol–water partition coefficient (Wildman–Crippen LogP) is 5.30. The van der Waals surface area contributed by atoms with Gasteiger partial charge >= 0.3 is 0 Å². The number of hydrogen-bond donors (Lipinski definition) is 0. The zero-order chi connectivity index (χ0) is 26.1. The normalized spacial score (nSPS) is 15.7. The third kappa shape index (κ3) is 4.69. The van der Waals surface area contributed by atoms with Gasteiger partial charge in [-0.25, -0.2) is 18.1 Å². The first-order chi connectivity index (χ1) is 18.5. The number of hydrogen-bond acceptors (Lipinski definition) is 6. The number of thiazole rings is 1. The fraction of sp³-hybridized carbons (Fsp3) is 0.172. The van der Waals surface area contributed by atoms with Gasteiger partial charge in [-0.1, -0.05) is 48.5 Å². The van der Waals surface area contributed by atoms with E-state index in [0.717, 1.165) is 32.8 Å². The molecule has 0 amide bonds. The molecule has 38 heavy (non-hydrogen) atoms. The van der Waals surface area contributed by atoms with Crippen LogP contribution in [0.2, 0.25) is 0 Å². The maximum atomic E-state index is 12.9. The van der Waals surface area contributed by atoms with Gasteiger partial charge in [0.05, 0.1) is 35.7 Å². The number of nitrogens with zero attached hydrogens (tertiary/aromatic N) is 4. The molecule has 1 fully saturated rings. The molecular formula is C29H26N4O3S2. The summed E-state index contributed by atoms with van der Waals surface area (Å²) < 4.78 is 34.4. The topological polar surface area (TPSA) is 76.3 Å². The summed E-state index contributed by atoms with van der Waals surface area (Å²) in [5.74, 6) is 0. The standard InChI is InChI=1S/C29H26N4O3S2/c1-21-20-37-29(31-24-10-12-25(13-11-24)38(34,35)32-14-16-36-17-15-32)33(21)30-19-28-26-8-4-2-6-22(26)18-23-7-3-5-9-27(23)28/h2-13,18-20H,14-17H2,1H3. The third-order valence-electron chi connectivity index (χ3n) is 6.63. The smallest absolute Gasteiger partial charge is 0.243 e. The van der Waals surface area contributed by atoms with Crippen LogP contribution < -0.4 is 4.80 Å². The second kappa shape index (κ2) is 10.3. The number of sulfonamides is 1. The van der Waals surface area contributed by atoms with E-state index in [4.69, 9.17) is 14.8 Å². The van der Waals surface area contributed by atoms with Crippen molar-refractivity contribution in [3.8, 4) is 0 Å². The van der Waals surface area contributed by atoms with Gasteiger partial charge in [0.2, 0.25) is 14.8 Å². The molecule has 0 atom stereocenters. The molecule has 0 aliphatic carbocycles. The minimum absolute atomic E-state index is 0.259. The molecule has 192 valence electrons. The number of aromatic nitrogens is 1. The van der Waals surface area contributed by atoms with Crippen molar-refractivity contribution >= 4 is 54.8 Å². The van der Waals surface area contributed by atoms with Crippen LogP contribution in [0.3, 0.4) is 0 Å². The molecule has 0 spiro atoms. The van der Waals surface area contributed by atoms with E-state index in [1.54, 1.807) is 24.3 Å². The highest BCUT2D eigenvalue weighted by molar-refractivity contribution is 7.89. The van der Waals surface area contributed by atoms with Gasteiger partial charge in [0.15, 0.2) is 0 Å². The highest BCUT2D eigenvalue weighted by Crippen LogP contribution is 2.27. The van der Waals surface area contributed by atoms with E-state index in [9.17, 15) is 8.42 Å². The Hall–Kier alpha value is -3.63. The van der Waals surface area contributed by atoms with E-state index in [1.165, 1.54) is 15.6 Å².